The van der Waals surface area contributed by atoms with E-state index < -0.39 is 29.1 Å². The second-order valence-corrected chi connectivity index (χ2v) is 12.5. The summed E-state index contributed by atoms with van der Waals surface area (Å²) in [6.45, 7) is 13.9. The van der Waals surface area contributed by atoms with E-state index in [9.17, 15) is 19.5 Å². The van der Waals surface area contributed by atoms with Gasteiger partial charge in [0.1, 0.15) is 11.6 Å². The van der Waals surface area contributed by atoms with Crippen molar-refractivity contribution in [2.45, 2.75) is 114 Å². The predicted molar refractivity (Wildman–Crippen MR) is 155 cm³/mol. The fourth-order valence-corrected chi connectivity index (χ4v) is 8.09. The summed E-state index contributed by atoms with van der Waals surface area (Å²) in [6, 6.07) is -0.598. The Hall–Kier alpha value is -2.19. The Balaban J connectivity index is 1.70. The molecule has 2 unspecified atom stereocenters. The van der Waals surface area contributed by atoms with Gasteiger partial charge in [-0.2, -0.15) is 0 Å². The zero-order valence-electron chi connectivity index (χ0n) is 24.8. The molecular weight excluding hydrogens is 506 g/mol. The maximum absolute atomic E-state index is 14.6. The minimum atomic E-state index is -0.992. The highest BCUT2D eigenvalue weighted by Crippen LogP contribution is 2.63. The van der Waals surface area contributed by atoms with Gasteiger partial charge in [0.05, 0.1) is 17.4 Å². The minimum absolute atomic E-state index is 0.0492. The molecule has 2 bridgehead atoms. The summed E-state index contributed by atoms with van der Waals surface area (Å²) in [4.78, 5) is 48.6. The molecule has 3 amide bonds. The molecule has 1 N–H and O–H groups in total. The summed E-state index contributed by atoms with van der Waals surface area (Å²) >= 11 is 0. The molecule has 0 aromatic carbocycles. The van der Waals surface area contributed by atoms with Gasteiger partial charge in [-0.1, -0.05) is 51.2 Å². The highest BCUT2D eigenvalue weighted by atomic mass is 16.5. The van der Waals surface area contributed by atoms with Crippen molar-refractivity contribution < 1.29 is 24.2 Å². The third-order valence-corrected chi connectivity index (χ3v) is 9.86. The molecule has 0 aromatic heterocycles. The third-order valence-electron chi connectivity index (χ3n) is 9.86. The van der Waals surface area contributed by atoms with Crippen molar-refractivity contribution in [3.8, 4) is 0 Å². The largest absolute Gasteiger partial charge is 0.396 e. The molecule has 1 aliphatic carbocycles. The average molecular weight is 558 g/mol. The first-order chi connectivity index (χ1) is 19.3. The molecule has 224 valence electrons. The van der Waals surface area contributed by atoms with E-state index in [0.717, 1.165) is 57.8 Å². The summed E-state index contributed by atoms with van der Waals surface area (Å²) < 4.78 is 6.86. The van der Waals surface area contributed by atoms with Crippen LogP contribution in [0.2, 0.25) is 0 Å². The van der Waals surface area contributed by atoms with Crippen molar-refractivity contribution >= 4 is 17.7 Å². The standard InChI is InChI=1S/C32H51N3O5/c1-5-19-33(20-6-2)28(37)25-26-29(38)35(22-13-8-9-14-23-36)27(32(26)18-17-31(25,4)40-32)30(39)34(21-7-3)24-15-11-10-12-16-24/h5,7,24-27,36H,1,3,6,8-23H2,2,4H3/t25-,26+,27?,31+,32?/m1/s1. The number of unbranched alkanes of at least 4 members (excludes halogenated alkanes) is 3. The molecule has 5 atom stereocenters. The van der Waals surface area contributed by atoms with E-state index >= 15 is 0 Å². The molecule has 3 saturated heterocycles. The van der Waals surface area contributed by atoms with E-state index in [1.165, 1.54) is 6.42 Å². The lowest BCUT2D eigenvalue weighted by Crippen LogP contribution is -2.58. The third kappa shape index (κ3) is 5.50. The highest BCUT2D eigenvalue weighted by molar-refractivity contribution is 5.99. The maximum Gasteiger partial charge on any atom is 0.248 e. The smallest absolute Gasteiger partial charge is 0.248 e. The lowest BCUT2D eigenvalue weighted by atomic mass is 9.66. The second kappa shape index (κ2) is 13.2. The lowest BCUT2D eigenvalue weighted by Gasteiger charge is -2.40. The Morgan fingerprint density at radius 3 is 2.40 bits per heavy atom. The van der Waals surface area contributed by atoms with Crippen molar-refractivity contribution in [2.75, 3.05) is 32.8 Å². The van der Waals surface area contributed by atoms with Gasteiger partial charge in [0, 0.05) is 38.8 Å². The molecule has 0 radical (unpaired) electrons. The van der Waals surface area contributed by atoms with Crippen molar-refractivity contribution in [1.29, 1.82) is 0 Å². The predicted octanol–water partition coefficient (Wildman–Crippen LogP) is 4.08. The Labute approximate surface area is 240 Å². The van der Waals surface area contributed by atoms with E-state index in [2.05, 4.69) is 13.2 Å². The number of aliphatic hydroxyl groups is 1. The topological polar surface area (TPSA) is 90.4 Å². The first-order valence-corrected chi connectivity index (χ1v) is 15.7. The van der Waals surface area contributed by atoms with Crippen LogP contribution in [0.15, 0.2) is 25.3 Å². The van der Waals surface area contributed by atoms with Gasteiger partial charge >= 0.3 is 0 Å². The molecule has 4 fully saturated rings. The van der Waals surface area contributed by atoms with E-state index in [1.54, 1.807) is 22.0 Å². The summed E-state index contributed by atoms with van der Waals surface area (Å²) in [6.07, 6.45) is 14.1. The maximum atomic E-state index is 14.6. The number of carbonyl (C=O) groups is 3. The van der Waals surface area contributed by atoms with E-state index in [1.807, 2.05) is 18.7 Å². The molecule has 4 rings (SSSR count). The number of nitrogens with zero attached hydrogens (tertiary/aromatic N) is 3. The average Bonchev–Trinajstić information content (AvgIpc) is 3.52. The van der Waals surface area contributed by atoms with Crippen LogP contribution in [0.5, 0.6) is 0 Å². The fourth-order valence-electron chi connectivity index (χ4n) is 8.09. The number of ether oxygens (including phenoxy) is 1. The second-order valence-electron chi connectivity index (χ2n) is 12.5. The first-order valence-electron chi connectivity index (χ1n) is 15.7. The van der Waals surface area contributed by atoms with Gasteiger partial charge in [0.15, 0.2) is 0 Å². The Morgan fingerprint density at radius 2 is 1.75 bits per heavy atom. The number of likely N-dealkylation sites (tertiary alicyclic amines) is 1. The molecule has 40 heavy (non-hydrogen) atoms. The van der Waals surface area contributed by atoms with Gasteiger partial charge in [-0.25, -0.2) is 0 Å². The van der Waals surface area contributed by atoms with Gasteiger partial charge in [-0.05, 0) is 51.9 Å². The van der Waals surface area contributed by atoms with Crippen molar-refractivity contribution in [1.82, 2.24) is 14.7 Å². The SMILES string of the molecule is C=CCN(CCC)C(=O)[C@H]1[C@H]2C(=O)N(CCCCCCO)C(C(=O)N(CC=C)C3CCCCC3)C23CC[C@]1(C)O3. The van der Waals surface area contributed by atoms with Crippen LogP contribution in [0.25, 0.3) is 0 Å². The minimum Gasteiger partial charge on any atom is -0.396 e. The Kier molecular flexibility index (Phi) is 10.1. The number of aliphatic hydroxyl groups excluding tert-OH is 1. The molecule has 1 spiro atoms. The van der Waals surface area contributed by atoms with Crippen LogP contribution in [0.1, 0.15) is 90.9 Å². The highest BCUT2D eigenvalue weighted by Gasteiger charge is 2.78. The number of rotatable bonds is 15. The summed E-state index contributed by atoms with van der Waals surface area (Å²) in [5, 5.41) is 9.19. The van der Waals surface area contributed by atoms with E-state index in [4.69, 9.17) is 4.74 Å². The van der Waals surface area contributed by atoms with Gasteiger partial charge < -0.3 is 24.5 Å². The van der Waals surface area contributed by atoms with Crippen molar-refractivity contribution in [3.05, 3.63) is 25.3 Å². The first kappa shape index (κ1) is 30.8. The van der Waals surface area contributed by atoms with Crippen LogP contribution < -0.4 is 0 Å². The van der Waals surface area contributed by atoms with Crippen LogP contribution in [-0.4, -0.2) is 93.6 Å². The van der Waals surface area contributed by atoms with Crippen LogP contribution in [-0.2, 0) is 19.1 Å². The molecule has 0 aromatic rings. The van der Waals surface area contributed by atoms with Gasteiger partial charge in [0.25, 0.3) is 0 Å². The summed E-state index contributed by atoms with van der Waals surface area (Å²) in [7, 11) is 0. The van der Waals surface area contributed by atoms with Gasteiger partial charge in [-0.15, -0.1) is 13.2 Å². The summed E-state index contributed by atoms with van der Waals surface area (Å²) in [5.74, 6) is -1.49. The van der Waals surface area contributed by atoms with Crippen molar-refractivity contribution in [3.63, 3.8) is 0 Å². The molecular formula is C32H51N3O5. The quantitative estimate of drug-likeness (QED) is 0.242. The molecule has 8 nitrogen and oxygen atoms in total. The normalized spacial score (nSPS) is 31.3. The number of hydrogen-bond donors (Lipinski definition) is 1. The van der Waals surface area contributed by atoms with Crippen LogP contribution in [0, 0.1) is 11.8 Å². The van der Waals surface area contributed by atoms with Crippen LogP contribution >= 0.6 is 0 Å². The van der Waals surface area contributed by atoms with E-state index in [0.29, 0.717) is 39.0 Å². The molecule has 3 aliphatic heterocycles. The van der Waals surface area contributed by atoms with Crippen LogP contribution in [0.3, 0.4) is 0 Å². The number of amides is 3. The Morgan fingerprint density at radius 1 is 1.05 bits per heavy atom. The van der Waals surface area contributed by atoms with Crippen LogP contribution in [0.4, 0.5) is 0 Å². The number of fused-ring (bicyclic) bond motifs is 1. The Bertz CT molecular complexity index is 949. The zero-order valence-corrected chi connectivity index (χ0v) is 24.8. The fraction of sp³-hybridized carbons (Fsp3) is 0.781. The molecule has 1 saturated carbocycles. The molecule has 4 aliphatic rings. The molecule has 8 heteroatoms. The van der Waals surface area contributed by atoms with Gasteiger partial charge in [-0.3, -0.25) is 14.4 Å². The summed E-state index contributed by atoms with van der Waals surface area (Å²) in [5.41, 5.74) is -1.76. The van der Waals surface area contributed by atoms with Crippen molar-refractivity contribution in [2.24, 2.45) is 11.8 Å². The van der Waals surface area contributed by atoms with Gasteiger partial charge in [0.2, 0.25) is 17.7 Å². The monoisotopic (exact) mass is 557 g/mol. The zero-order chi connectivity index (χ0) is 28.9. The lowest BCUT2D eigenvalue weighted by molar-refractivity contribution is -0.155. The van der Waals surface area contributed by atoms with E-state index in [-0.39, 0.29) is 30.4 Å². The number of hydrogen-bond acceptors (Lipinski definition) is 5. The molecule has 3 heterocycles. The number of carbonyl (C=O) groups excluding carboxylic acids is 3.